The van der Waals surface area contributed by atoms with Gasteiger partial charge in [0.05, 0.1) is 18.2 Å². The minimum atomic E-state index is -0.0807. The first-order chi connectivity index (χ1) is 12.5. The van der Waals surface area contributed by atoms with Gasteiger partial charge in [0.25, 0.3) is 0 Å². The normalized spacial score (nSPS) is 12.2. The van der Waals surface area contributed by atoms with Crippen molar-refractivity contribution in [3.05, 3.63) is 83.9 Å². The average molecular weight is 347 g/mol. The molecule has 0 aliphatic carbocycles. The van der Waals surface area contributed by atoms with E-state index in [1.54, 1.807) is 6.20 Å². The molecule has 0 saturated heterocycles. The summed E-state index contributed by atoms with van der Waals surface area (Å²) in [7, 11) is 0. The standard InChI is InChI=1S/C22H25N3O/c1-16(2)21(22-17(3)7-6-12-23-22)24-20(26)15-18-8-10-19(11-9-18)25-13-4-5-14-25/h4-14,16,21H,15H2,1-3H3,(H,24,26). The molecule has 2 aromatic heterocycles. The van der Waals surface area contributed by atoms with Crippen molar-refractivity contribution in [2.75, 3.05) is 0 Å². The van der Waals surface area contributed by atoms with Crippen molar-refractivity contribution in [2.45, 2.75) is 33.2 Å². The number of nitrogens with one attached hydrogen (secondary N) is 1. The zero-order chi connectivity index (χ0) is 18.5. The Labute approximate surface area is 154 Å². The Morgan fingerprint density at radius 1 is 1.08 bits per heavy atom. The lowest BCUT2D eigenvalue weighted by atomic mass is 9.97. The van der Waals surface area contributed by atoms with Crippen LogP contribution in [0.3, 0.4) is 0 Å². The van der Waals surface area contributed by atoms with Gasteiger partial charge < -0.3 is 9.88 Å². The molecule has 1 N–H and O–H groups in total. The van der Waals surface area contributed by atoms with E-state index in [1.807, 2.05) is 72.4 Å². The Hall–Kier alpha value is -2.88. The molecule has 0 bridgehead atoms. The van der Waals surface area contributed by atoms with Crippen molar-refractivity contribution in [1.82, 2.24) is 14.9 Å². The fourth-order valence-electron chi connectivity index (χ4n) is 3.08. The highest BCUT2D eigenvalue weighted by Gasteiger charge is 2.21. The van der Waals surface area contributed by atoms with Gasteiger partial charge in [0.15, 0.2) is 0 Å². The lowest BCUT2D eigenvalue weighted by Crippen LogP contribution is -2.33. The number of aromatic nitrogens is 2. The summed E-state index contributed by atoms with van der Waals surface area (Å²) in [5.41, 5.74) is 4.13. The molecule has 0 saturated carbocycles. The third-order valence-corrected chi connectivity index (χ3v) is 4.53. The van der Waals surface area contributed by atoms with Gasteiger partial charge in [-0.2, -0.15) is 0 Å². The van der Waals surface area contributed by atoms with Crippen LogP contribution in [0.15, 0.2) is 67.1 Å². The molecule has 3 aromatic rings. The number of hydrogen-bond acceptors (Lipinski definition) is 2. The molecule has 0 spiro atoms. The van der Waals surface area contributed by atoms with Gasteiger partial charge in [-0.3, -0.25) is 9.78 Å². The van der Waals surface area contributed by atoms with Gasteiger partial charge in [0.2, 0.25) is 5.91 Å². The summed E-state index contributed by atoms with van der Waals surface area (Å²) in [5, 5.41) is 3.16. The predicted molar refractivity (Wildman–Crippen MR) is 104 cm³/mol. The number of amides is 1. The smallest absolute Gasteiger partial charge is 0.224 e. The summed E-state index contributed by atoms with van der Waals surface area (Å²) in [5.74, 6) is 0.283. The Kier molecular flexibility index (Phi) is 5.52. The summed E-state index contributed by atoms with van der Waals surface area (Å²) in [6.07, 6.45) is 6.15. The molecule has 1 unspecified atom stereocenters. The van der Waals surface area contributed by atoms with Gasteiger partial charge in [-0.15, -0.1) is 0 Å². The highest BCUT2D eigenvalue weighted by atomic mass is 16.1. The quantitative estimate of drug-likeness (QED) is 0.725. The monoisotopic (exact) mass is 347 g/mol. The van der Waals surface area contributed by atoms with E-state index in [0.29, 0.717) is 6.42 Å². The fraction of sp³-hybridized carbons (Fsp3) is 0.273. The number of hydrogen-bond donors (Lipinski definition) is 1. The van der Waals surface area contributed by atoms with Crippen molar-refractivity contribution < 1.29 is 4.79 Å². The van der Waals surface area contributed by atoms with Crippen molar-refractivity contribution in [2.24, 2.45) is 5.92 Å². The third kappa shape index (κ3) is 4.20. The number of carbonyl (C=O) groups excluding carboxylic acids is 1. The molecule has 1 amide bonds. The number of nitrogens with zero attached hydrogens (tertiary/aromatic N) is 2. The van der Waals surface area contributed by atoms with E-state index in [2.05, 4.69) is 24.1 Å². The maximum absolute atomic E-state index is 12.6. The SMILES string of the molecule is Cc1cccnc1C(NC(=O)Cc1ccc(-n2cccc2)cc1)C(C)C. The van der Waals surface area contributed by atoms with Crippen molar-refractivity contribution in [3.8, 4) is 5.69 Å². The first-order valence-corrected chi connectivity index (χ1v) is 8.98. The van der Waals surface area contributed by atoms with E-state index in [1.165, 1.54) is 0 Å². The molecular formula is C22H25N3O. The lowest BCUT2D eigenvalue weighted by molar-refractivity contribution is -0.121. The topological polar surface area (TPSA) is 46.9 Å². The van der Waals surface area contributed by atoms with Crippen LogP contribution in [-0.2, 0) is 11.2 Å². The van der Waals surface area contributed by atoms with E-state index in [0.717, 1.165) is 22.5 Å². The van der Waals surface area contributed by atoms with Crippen LogP contribution in [0.25, 0.3) is 5.69 Å². The molecule has 4 nitrogen and oxygen atoms in total. The first-order valence-electron chi connectivity index (χ1n) is 8.98. The second-order valence-corrected chi connectivity index (χ2v) is 6.93. The maximum atomic E-state index is 12.6. The second-order valence-electron chi connectivity index (χ2n) is 6.93. The number of rotatable bonds is 6. The number of carbonyl (C=O) groups is 1. The molecule has 0 fully saturated rings. The van der Waals surface area contributed by atoms with Gasteiger partial charge in [0, 0.05) is 24.3 Å². The molecule has 4 heteroatoms. The highest BCUT2D eigenvalue weighted by Crippen LogP contribution is 2.22. The predicted octanol–water partition coefficient (Wildman–Crippen LogP) is 4.24. The van der Waals surface area contributed by atoms with Crippen LogP contribution < -0.4 is 5.32 Å². The van der Waals surface area contributed by atoms with Gasteiger partial charge in [0.1, 0.15) is 0 Å². The van der Waals surface area contributed by atoms with Gasteiger partial charge in [-0.05, 0) is 54.3 Å². The van der Waals surface area contributed by atoms with Crippen molar-refractivity contribution in [3.63, 3.8) is 0 Å². The van der Waals surface area contributed by atoms with E-state index >= 15 is 0 Å². The molecule has 0 radical (unpaired) electrons. The molecule has 1 aromatic carbocycles. The van der Waals surface area contributed by atoms with Crippen LogP contribution in [0.4, 0.5) is 0 Å². The number of pyridine rings is 1. The van der Waals surface area contributed by atoms with Crippen LogP contribution in [0.1, 0.15) is 36.7 Å². The van der Waals surface area contributed by atoms with Gasteiger partial charge in [-0.1, -0.05) is 32.0 Å². The third-order valence-electron chi connectivity index (χ3n) is 4.53. The van der Waals surface area contributed by atoms with Gasteiger partial charge >= 0.3 is 0 Å². The largest absolute Gasteiger partial charge is 0.347 e. The summed E-state index contributed by atoms with van der Waals surface area (Å²) in [4.78, 5) is 17.1. The Balaban J connectivity index is 1.68. The summed E-state index contributed by atoms with van der Waals surface area (Å²) < 4.78 is 2.04. The number of benzene rings is 1. The zero-order valence-electron chi connectivity index (χ0n) is 15.5. The van der Waals surface area contributed by atoms with Crippen molar-refractivity contribution in [1.29, 1.82) is 0 Å². The highest BCUT2D eigenvalue weighted by molar-refractivity contribution is 5.79. The molecule has 0 aliphatic heterocycles. The first kappa shape index (κ1) is 17.9. The fourth-order valence-corrected chi connectivity index (χ4v) is 3.08. The average Bonchev–Trinajstić information content (AvgIpc) is 3.15. The maximum Gasteiger partial charge on any atom is 0.224 e. The van der Waals surface area contributed by atoms with Crippen LogP contribution in [0.2, 0.25) is 0 Å². The molecule has 2 heterocycles. The summed E-state index contributed by atoms with van der Waals surface area (Å²) in [6, 6.07) is 15.9. The summed E-state index contributed by atoms with van der Waals surface area (Å²) >= 11 is 0. The van der Waals surface area contributed by atoms with E-state index in [9.17, 15) is 4.79 Å². The van der Waals surface area contributed by atoms with E-state index in [4.69, 9.17) is 0 Å². The molecule has 3 rings (SSSR count). The Morgan fingerprint density at radius 2 is 1.77 bits per heavy atom. The lowest BCUT2D eigenvalue weighted by Gasteiger charge is -2.23. The molecule has 1 atom stereocenters. The number of aryl methyl sites for hydroxylation is 1. The molecule has 134 valence electrons. The molecule has 0 aliphatic rings. The minimum absolute atomic E-state index is 0.0162. The molecule has 26 heavy (non-hydrogen) atoms. The van der Waals surface area contributed by atoms with Crippen molar-refractivity contribution >= 4 is 5.91 Å². The van der Waals surface area contributed by atoms with Crippen LogP contribution >= 0.6 is 0 Å². The minimum Gasteiger partial charge on any atom is -0.347 e. The Morgan fingerprint density at radius 3 is 2.38 bits per heavy atom. The van der Waals surface area contributed by atoms with Crippen LogP contribution in [0.5, 0.6) is 0 Å². The van der Waals surface area contributed by atoms with Gasteiger partial charge in [-0.25, -0.2) is 0 Å². The Bertz CT molecular complexity index is 851. The second kappa shape index (κ2) is 8.00. The molecular weight excluding hydrogens is 322 g/mol. The van der Waals surface area contributed by atoms with Crippen LogP contribution in [-0.4, -0.2) is 15.5 Å². The zero-order valence-corrected chi connectivity index (χ0v) is 15.5. The van der Waals surface area contributed by atoms with E-state index in [-0.39, 0.29) is 17.9 Å². The van der Waals surface area contributed by atoms with E-state index < -0.39 is 0 Å². The summed E-state index contributed by atoms with van der Waals surface area (Å²) in [6.45, 7) is 6.24. The van der Waals surface area contributed by atoms with Crippen LogP contribution in [0, 0.1) is 12.8 Å².